The van der Waals surface area contributed by atoms with Gasteiger partial charge in [-0.3, -0.25) is 4.90 Å². The summed E-state index contributed by atoms with van der Waals surface area (Å²) < 4.78 is 82.0. The molecule has 0 amide bonds. The topological polar surface area (TPSA) is 15.7 Å². The van der Waals surface area contributed by atoms with Crippen LogP contribution < -0.4 is 9.64 Å². The van der Waals surface area contributed by atoms with Crippen LogP contribution in [0.3, 0.4) is 0 Å². The van der Waals surface area contributed by atoms with Crippen molar-refractivity contribution in [2.24, 2.45) is 0 Å². The molecule has 214 valence electrons. The van der Waals surface area contributed by atoms with Gasteiger partial charge >= 0.3 is 0 Å². The van der Waals surface area contributed by atoms with Crippen molar-refractivity contribution < 1.29 is 26.7 Å². The number of fused-ring (bicyclic) bond motifs is 3. The average Bonchev–Trinajstić information content (AvgIpc) is 3.33. The van der Waals surface area contributed by atoms with Crippen molar-refractivity contribution in [1.29, 1.82) is 0 Å². The fraction of sp³-hybridized carbons (Fsp3) is 0.455. The molecular formula is C33H31F5N2O. The van der Waals surface area contributed by atoms with E-state index in [4.69, 9.17) is 4.74 Å². The van der Waals surface area contributed by atoms with Crippen molar-refractivity contribution in [1.82, 2.24) is 4.90 Å². The second-order valence-corrected chi connectivity index (χ2v) is 12.2. The third-order valence-electron chi connectivity index (χ3n) is 9.89. The lowest BCUT2D eigenvalue weighted by atomic mass is 9.76. The van der Waals surface area contributed by atoms with Gasteiger partial charge in [-0.15, -0.1) is 0 Å². The zero-order valence-corrected chi connectivity index (χ0v) is 22.8. The highest BCUT2D eigenvalue weighted by atomic mass is 19.2. The van der Waals surface area contributed by atoms with Crippen LogP contribution >= 0.6 is 0 Å². The zero-order chi connectivity index (χ0) is 28.0. The summed E-state index contributed by atoms with van der Waals surface area (Å²) in [6.45, 7) is 3.79. The van der Waals surface area contributed by atoms with E-state index in [-0.39, 0.29) is 11.6 Å². The van der Waals surface area contributed by atoms with Gasteiger partial charge in [0.1, 0.15) is 11.5 Å². The highest BCUT2D eigenvalue weighted by Crippen LogP contribution is 2.54. The van der Waals surface area contributed by atoms with Crippen molar-refractivity contribution in [3.8, 4) is 5.75 Å². The van der Waals surface area contributed by atoms with Crippen molar-refractivity contribution in [2.75, 3.05) is 31.1 Å². The fourth-order valence-electron chi connectivity index (χ4n) is 8.19. The molecule has 0 radical (unpaired) electrons. The van der Waals surface area contributed by atoms with E-state index in [9.17, 15) is 13.2 Å². The highest BCUT2D eigenvalue weighted by Gasteiger charge is 2.43. The standard InChI is InChI=1S/C33H31F5N2O/c34-25-24(26(35)28(37)29(38)27(25)36)23-21-15-17-7-1-3-11-39-13-5-9-19(30(17)39)32(21)41-33-20-10-6-14-40-12-4-2-8-18(31(20)40)16-22(23)33/h15-16,30H,1-14H2. The van der Waals surface area contributed by atoms with Gasteiger partial charge in [0, 0.05) is 41.1 Å². The third-order valence-corrected chi connectivity index (χ3v) is 9.89. The van der Waals surface area contributed by atoms with E-state index in [0.717, 1.165) is 118 Å². The molecule has 0 saturated carbocycles. The molecule has 0 aromatic heterocycles. The smallest absolute Gasteiger partial charge is 0.200 e. The van der Waals surface area contributed by atoms with Gasteiger partial charge in [0.25, 0.3) is 0 Å². The molecular weight excluding hydrogens is 535 g/mol. The highest BCUT2D eigenvalue weighted by molar-refractivity contribution is 5.94. The molecule has 2 saturated heterocycles. The maximum atomic E-state index is 15.7. The predicted octanol–water partition coefficient (Wildman–Crippen LogP) is 7.51. The SMILES string of the molecule is Fc1c(F)c(F)c(C2=C3C=C4CCCCN5CCCC(=C3Oc3c2cc2c6c3CCCN6CCCC2)C45)c(F)c1F. The van der Waals surface area contributed by atoms with Gasteiger partial charge < -0.3 is 9.64 Å². The fourth-order valence-corrected chi connectivity index (χ4v) is 8.19. The molecule has 3 nitrogen and oxygen atoms in total. The Morgan fingerprint density at radius 3 is 2.22 bits per heavy atom. The van der Waals surface area contributed by atoms with Crippen molar-refractivity contribution in [3.05, 3.63) is 86.0 Å². The first-order chi connectivity index (χ1) is 19.9. The maximum Gasteiger partial charge on any atom is 0.200 e. The first-order valence-corrected chi connectivity index (χ1v) is 15.0. The van der Waals surface area contributed by atoms with Crippen LogP contribution in [0, 0.1) is 29.1 Å². The Morgan fingerprint density at radius 2 is 1.39 bits per heavy atom. The van der Waals surface area contributed by atoms with Gasteiger partial charge in [-0.2, -0.15) is 0 Å². The maximum absolute atomic E-state index is 15.7. The van der Waals surface area contributed by atoms with Crippen LogP contribution in [0.5, 0.6) is 5.75 Å². The van der Waals surface area contributed by atoms with Crippen LogP contribution in [0.1, 0.15) is 73.6 Å². The molecule has 5 aliphatic heterocycles. The van der Waals surface area contributed by atoms with Crippen LogP contribution in [0.2, 0.25) is 0 Å². The molecule has 8 heteroatoms. The molecule has 0 bridgehead atoms. The number of piperidine rings is 1. The van der Waals surface area contributed by atoms with Gasteiger partial charge in [0.05, 0.1) is 11.6 Å². The summed E-state index contributed by atoms with van der Waals surface area (Å²) in [7, 11) is 0. The summed E-state index contributed by atoms with van der Waals surface area (Å²) >= 11 is 0. The zero-order valence-electron chi connectivity index (χ0n) is 22.8. The van der Waals surface area contributed by atoms with E-state index in [2.05, 4.69) is 9.80 Å². The van der Waals surface area contributed by atoms with Crippen LogP contribution in [-0.4, -0.2) is 37.1 Å². The second kappa shape index (κ2) is 9.45. The predicted molar refractivity (Wildman–Crippen MR) is 146 cm³/mol. The molecule has 2 fully saturated rings. The number of rotatable bonds is 1. The average molecular weight is 567 g/mol. The molecule has 8 rings (SSSR count). The lowest BCUT2D eigenvalue weighted by Gasteiger charge is -2.43. The number of anilines is 1. The summed E-state index contributed by atoms with van der Waals surface area (Å²) in [4.78, 5) is 4.84. The molecule has 0 spiro atoms. The largest absolute Gasteiger partial charge is 0.456 e. The van der Waals surface area contributed by atoms with Gasteiger partial charge in [0.15, 0.2) is 23.3 Å². The molecule has 2 aromatic carbocycles. The second-order valence-electron chi connectivity index (χ2n) is 12.2. The molecule has 1 atom stereocenters. The van der Waals surface area contributed by atoms with E-state index in [0.29, 0.717) is 22.6 Å². The monoisotopic (exact) mass is 566 g/mol. The van der Waals surface area contributed by atoms with E-state index in [1.165, 1.54) is 0 Å². The minimum atomic E-state index is -2.14. The Bertz CT molecular complexity index is 1580. The van der Waals surface area contributed by atoms with E-state index >= 15 is 8.78 Å². The van der Waals surface area contributed by atoms with Gasteiger partial charge in [-0.1, -0.05) is 0 Å². The number of benzene rings is 2. The number of hydrogen-bond acceptors (Lipinski definition) is 3. The summed E-state index contributed by atoms with van der Waals surface area (Å²) in [6.07, 6.45) is 10.9. The minimum absolute atomic E-state index is 0.0536. The number of aryl methyl sites for hydroxylation is 1. The van der Waals surface area contributed by atoms with Crippen LogP contribution in [0.4, 0.5) is 27.6 Å². The number of halogens is 5. The van der Waals surface area contributed by atoms with Gasteiger partial charge in [0.2, 0.25) is 5.82 Å². The van der Waals surface area contributed by atoms with Crippen molar-refractivity contribution in [3.63, 3.8) is 0 Å². The lowest BCUT2D eigenvalue weighted by Crippen LogP contribution is -2.44. The Morgan fingerprint density at radius 1 is 0.707 bits per heavy atom. The Balaban J connectivity index is 1.49. The Labute approximate surface area is 236 Å². The van der Waals surface area contributed by atoms with E-state index in [1.54, 1.807) is 0 Å². The van der Waals surface area contributed by atoms with Gasteiger partial charge in [-0.25, -0.2) is 22.0 Å². The first-order valence-electron chi connectivity index (χ1n) is 15.0. The Hall–Kier alpha value is -3.13. The lowest BCUT2D eigenvalue weighted by molar-refractivity contribution is 0.211. The number of nitrogens with zero attached hydrogens (tertiary/aromatic N) is 2. The molecule has 5 heterocycles. The summed E-state index contributed by atoms with van der Waals surface area (Å²) in [5.41, 5.74) is 5.45. The van der Waals surface area contributed by atoms with E-state index in [1.807, 2.05) is 12.1 Å². The molecule has 41 heavy (non-hydrogen) atoms. The summed E-state index contributed by atoms with van der Waals surface area (Å²) in [5.74, 6) is -8.51. The molecule has 6 aliphatic rings. The quantitative estimate of drug-likeness (QED) is 0.202. The van der Waals surface area contributed by atoms with Crippen molar-refractivity contribution >= 4 is 11.3 Å². The minimum Gasteiger partial charge on any atom is -0.456 e. The number of allylic oxidation sites excluding steroid dienone is 1. The summed E-state index contributed by atoms with van der Waals surface area (Å²) in [5, 5.41) is 0. The van der Waals surface area contributed by atoms with Crippen LogP contribution in [0.15, 0.2) is 34.6 Å². The van der Waals surface area contributed by atoms with Crippen LogP contribution in [0.25, 0.3) is 5.57 Å². The van der Waals surface area contributed by atoms with E-state index < -0.39 is 34.6 Å². The molecule has 1 aliphatic carbocycles. The van der Waals surface area contributed by atoms with Gasteiger partial charge in [-0.05, 0) is 106 Å². The number of hydrogen-bond donors (Lipinski definition) is 0. The number of ether oxygens (including phenoxy) is 1. The molecule has 0 N–H and O–H groups in total. The normalized spacial score (nSPS) is 23.6. The Kier molecular flexibility index (Phi) is 5.89. The van der Waals surface area contributed by atoms with Crippen molar-refractivity contribution in [2.45, 2.75) is 70.3 Å². The summed E-state index contributed by atoms with van der Waals surface area (Å²) in [6, 6.07) is 1.96. The molecule has 2 aromatic rings. The molecule has 1 unspecified atom stereocenters. The first kappa shape index (κ1) is 25.6. The van der Waals surface area contributed by atoms with Crippen LogP contribution in [-0.2, 0) is 12.8 Å². The third kappa shape index (κ3) is 3.65.